The lowest BCUT2D eigenvalue weighted by atomic mass is 10.3. The minimum absolute atomic E-state index is 0.0924. The molecule has 0 aliphatic heterocycles. The quantitative estimate of drug-likeness (QED) is 0.552. The number of nitrogen functional groups attached to an aromatic ring is 1. The highest BCUT2D eigenvalue weighted by atomic mass is 32.2. The van der Waals surface area contributed by atoms with E-state index in [1.54, 1.807) is 24.3 Å². The molecule has 0 saturated carbocycles. The summed E-state index contributed by atoms with van der Waals surface area (Å²) < 4.78 is 50.4. The number of hydrogen-bond acceptors (Lipinski definition) is 6. The second kappa shape index (κ2) is 6.94. The van der Waals surface area contributed by atoms with E-state index < -0.39 is 19.7 Å². The molecule has 0 aliphatic rings. The summed E-state index contributed by atoms with van der Waals surface area (Å²) in [6, 6.07) is 6.85. The highest BCUT2D eigenvalue weighted by molar-refractivity contribution is 7.94. The molecule has 0 amide bonds. The maximum Gasteiger partial charge on any atom is 0.151 e. The van der Waals surface area contributed by atoms with Crippen molar-refractivity contribution in [1.29, 1.82) is 0 Å². The fourth-order valence-corrected chi connectivity index (χ4v) is 4.44. The van der Waals surface area contributed by atoms with Crippen molar-refractivity contribution in [2.24, 2.45) is 0 Å². The van der Waals surface area contributed by atoms with E-state index in [0.717, 1.165) is 6.26 Å². The molecule has 20 heavy (non-hydrogen) atoms. The maximum absolute atomic E-state index is 11.6. The Morgan fingerprint density at radius 1 is 1.10 bits per heavy atom. The molecule has 1 rings (SSSR count). The molecule has 0 heterocycles. The van der Waals surface area contributed by atoms with Crippen LogP contribution in [0.4, 0.5) is 5.69 Å². The minimum atomic E-state index is -3.36. The standard InChI is InChI=1S/C12H19NO5S2/c1-19(14,15)8-9-20(16,17)7-3-6-18-12-5-2-4-11(13)10-12/h2,4-5,10H,3,6-9,13H2,1H3. The highest BCUT2D eigenvalue weighted by Gasteiger charge is 2.14. The first-order valence-electron chi connectivity index (χ1n) is 6.04. The summed E-state index contributed by atoms with van der Waals surface area (Å²) in [5.74, 6) is -0.195. The molecule has 0 radical (unpaired) electrons. The maximum atomic E-state index is 11.6. The normalized spacial score (nSPS) is 12.2. The van der Waals surface area contributed by atoms with E-state index in [1.165, 1.54) is 0 Å². The van der Waals surface area contributed by atoms with Crippen molar-refractivity contribution in [3.05, 3.63) is 24.3 Å². The number of anilines is 1. The Morgan fingerprint density at radius 3 is 2.40 bits per heavy atom. The number of nitrogens with two attached hydrogens (primary N) is 1. The third kappa shape index (κ3) is 7.34. The number of benzene rings is 1. The van der Waals surface area contributed by atoms with Gasteiger partial charge in [-0.05, 0) is 18.6 Å². The summed E-state index contributed by atoms with van der Waals surface area (Å²) in [7, 11) is -6.62. The van der Waals surface area contributed by atoms with Crippen LogP contribution in [0.1, 0.15) is 6.42 Å². The molecule has 2 N–H and O–H groups in total. The van der Waals surface area contributed by atoms with Crippen molar-refractivity contribution >= 4 is 25.4 Å². The molecular weight excluding hydrogens is 302 g/mol. The van der Waals surface area contributed by atoms with Crippen molar-refractivity contribution in [1.82, 2.24) is 0 Å². The molecule has 1 aromatic carbocycles. The van der Waals surface area contributed by atoms with E-state index in [2.05, 4.69) is 0 Å². The summed E-state index contributed by atoms with van der Waals surface area (Å²) in [5.41, 5.74) is 6.15. The zero-order chi connectivity index (χ0) is 15.2. The first-order chi connectivity index (χ1) is 9.18. The smallest absolute Gasteiger partial charge is 0.151 e. The molecule has 0 spiro atoms. The Bertz CT molecular complexity index is 638. The number of ether oxygens (including phenoxy) is 1. The molecule has 0 fully saturated rings. The van der Waals surface area contributed by atoms with Crippen molar-refractivity contribution in [2.45, 2.75) is 6.42 Å². The number of hydrogen-bond donors (Lipinski definition) is 1. The van der Waals surface area contributed by atoms with E-state index >= 15 is 0 Å². The number of sulfone groups is 2. The zero-order valence-corrected chi connectivity index (χ0v) is 12.9. The molecule has 1 aromatic rings. The van der Waals surface area contributed by atoms with Crippen LogP contribution in [0.25, 0.3) is 0 Å². The molecular formula is C12H19NO5S2. The molecule has 0 bridgehead atoms. The van der Waals surface area contributed by atoms with Gasteiger partial charge in [0.1, 0.15) is 15.6 Å². The van der Waals surface area contributed by atoms with Crippen LogP contribution in [0.2, 0.25) is 0 Å². The molecule has 0 unspecified atom stereocenters. The third-order valence-electron chi connectivity index (χ3n) is 2.49. The predicted molar refractivity (Wildman–Crippen MR) is 79.3 cm³/mol. The average Bonchev–Trinajstić information content (AvgIpc) is 2.32. The lowest BCUT2D eigenvalue weighted by Gasteiger charge is -2.07. The van der Waals surface area contributed by atoms with Gasteiger partial charge in [-0.25, -0.2) is 16.8 Å². The Kier molecular flexibility index (Phi) is 5.82. The van der Waals surface area contributed by atoms with Crippen LogP contribution in [0.3, 0.4) is 0 Å². The molecule has 6 nitrogen and oxygen atoms in total. The van der Waals surface area contributed by atoms with Crippen LogP contribution in [-0.4, -0.2) is 47.0 Å². The van der Waals surface area contributed by atoms with Gasteiger partial charge in [0.15, 0.2) is 9.84 Å². The van der Waals surface area contributed by atoms with Crippen molar-refractivity contribution in [3.8, 4) is 5.75 Å². The van der Waals surface area contributed by atoms with E-state index in [-0.39, 0.29) is 23.9 Å². The van der Waals surface area contributed by atoms with Gasteiger partial charge in [-0.15, -0.1) is 0 Å². The van der Waals surface area contributed by atoms with Crippen LogP contribution < -0.4 is 10.5 Å². The highest BCUT2D eigenvalue weighted by Crippen LogP contribution is 2.14. The topological polar surface area (TPSA) is 104 Å². The summed E-state index contributed by atoms with van der Waals surface area (Å²) in [4.78, 5) is 0. The molecule has 0 aromatic heterocycles. The molecule has 0 aliphatic carbocycles. The van der Waals surface area contributed by atoms with Gasteiger partial charge in [-0.3, -0.25) is 0 Å². The molecule has 0 atom stereocenters. The third-order valence-corrected chi connectivity index (χ3v) is 5.43. The molecule has 8 heteroatoms. The Balaban J connectivity index is 2.33. The van der Waals surface area contributed by atoms with Crippen molar-refractivity contribution in [2.75, 3.05) is 35.9 Å². The van der Waals surface area contributed by atoms with Gasteiger partial charge in [-0.1, -0.05) is 6.07 Å². The summed E-state index contributed by atoms with van der Waals surface area (Å²) >= 11 is 0. The van der Waals surface area contributed by atoms with Gasteiger partial charge < -0.3 is 10.5 Å². The second-order valence-electron chi connectivity index (χ2n) is 4.56. The Labute approximate surface area is 119 Å². The van der Waals surface area contributed by atoms with Crippen molar-refractivity contribution < 1.29 is 21.6 Å². The van der Waals surface area contributed by atoms with E-state index in [1.807, 2.05) is 0 Å². The Hall–Kier alpha value is -1.28. The van der Waals surface area contributed by atoms with Crippen LogP contribution in [0, 0.1) is 0 Å². The predicted octanol–water partition coefficient (Wildman–Crippen LogP) is 0.497. The minimum Gasteiger partial charge on any atom is -0.493 e. The van der Waals surface area contributed by atoms with Crippen LogP contribution in [0.15, 0.2) is 24.3 Å². The fraction of sp³-hybridized carbons (Fsp3) is 0.500. The first kappa shape index (κ1) is 16.8. The summed E-state index contributed by atoms with van der Waals surface area (Å²) in [6.07, 6.45) is 1.33. The van der Waals surface area contributed by atoms with Gasteiger partial charge in [0, 0.05) is 18.0 Å². The lowest BCUT2D eigenvalue weighted by Crippen LogP contribution is -2.19. The largest absolute Gasteiger partial charge is 0.493 e. The van der Waals surface area contributed by atoms with Crippen LogP contribution in [-0.2, 0) is 19.7 Å². The van der Waals surface area contributed by atoms with Gasteiger partial charge in [0.05, 0.1) is 23.9 Å². The van der Waals surface area contributed by atoms with E-state index in [0.29, 0.717) is 17.9 Å². The second-order valence-corrected chi connectivity index (χ2v) is 9.12. The first-order valence-corrected chi connectivity index (χ1v) is 9.93. The average molecular weight is 321 g/mol. The van der Waals surface area contributed by atoms with Gasteiger partial charge in [0.25, 0.3) is 0 Å². The monoisotopic (exact) mass is 321 g/mol. The zero-order valence-electron chi connectivity index (χ0n) is 11.3. The van der Waals surface area contributed by atoms with E-state index in [9.17, 15) is 16.8 Å². The van der Waals surface area contributed by atoms with Gasteiger partial charge in [-0.2, -0.15) is 0 Å². The van der Waals surface area contributed by atoms with Crippen molar-refractivity contribution in [3.63, 3.8) is 0 Å². The SMILES string of the molecule is CS(=O)(=O)CCS(=O)(=O)CCCOc1cccc(N)c1. The van der Waals surface area contributed by atoms with Crippen LogP contribution >= 0.6 is 0 Å². The number of rotatable bonds is 8. The molecule has 0 saturated heterocycles. The Morgan fingerprint density at radius 2 is 1.80 bits per heavy atom. The summed E-state index contributed by atoms with van der Waals surface area (Å²) in [6.45, 7) is 0.238. The molecule has 114 valence electrons. The van der Waals surface area contributed by atoms with Gasteiger partial charge >= 0.3 is 0 Å². The fourth-order valence-electron chi connectivity index (χ4n) is 1.45. The van der Waals surface area contributed by atoms with Crippen LogP contribution in [0.5, 0.6) is 5.75 Å². The van der Waals surface area contributed by atoms with Gasteiger partial charge in [0.2, 0.25) is 0 Å². The lowest BCUT2D eigenvalue weighted by molar-refractivity contribution is 0.318. The summed E-state index contributed by atoms with van der Waals surface area (Å²) in [5, 5.41) is 0. The van der Waals surface area contributed by atoms with E-state index in [4.69, 9.17) is 10.5 Å².